The Hall–Kier alpha value is -2.82. The number of ether oxygens (including phenoxy) is 1. The number of nitrogens with zero attached hydrogens (tertiary/aromatic N) is 2. The van der Waals surface area contributed by atoms with E-state index in [0.29, 0.717) is 25.3 Å². The summed E-state index contributed by atoms with van der Waals surface area (Å²) < 4.78 is 5.40. The molecule has 0 atom stereocenters. The maximum atomic E-state index is 12.6. The van der Waals surface area contributed by atoms with Gasteiger partial charge in [-0.15, -0.1) is 0 Å². The lowest BCUT2D eigenvalue weighted by Crippen LogP contribution is -2.49. The summed E-state index contributed by atoms with van der Waals surface area (Å²) in [5.41, 5.74) is 4.46. The molecule has 154 valence electrons. The molecule has 1 fully saturated rings. The average molecular weight is 395 g/mol. The fourth-order valence-corrected chi connectivity index (χ4v) is 3.70. The van der Waals surface area contributed by atoms with Gasteiger partial charge in [-0.3, -0.25) is 9.59 Å². The van der Waals surface area contributed by atoms with E-state index in [0.717, 1.165) is 18.8 Å². The average Bonchev–Trinajstić information content (AvgIpc) is 2.74. The summed E-state index contributed by atoms with van der Waals surface area (Å²) in [6.45, 7) is 9.83. The van der Waals surface area contributed by atoms with E-state index in [9.17, 15) is 9.59 Å². The molecule has 1 amide bonds. The molecule has 0 aliphatic carbocycles. The topological polar surface area (TPSA) is 49.9 Å². The number of Topliss-reactive ketones (excluding diaryl/α,β-unsaturated/α-hetero) is 1. The molecule has 2 aromatic rings. The van der Waals surface area contributed by atoms with Crippen LogP contribution in [-0.2, 0) is 4.79 Å². The number of carbonyl (C=O) groups excluding carboxylic acids is 2. The van der Waals surface area contributed by atoms with Gasteiger partial charge in [-0.1, -0.05) is 12.1 Å². The van der Waals surface area contributed by atoms with Gasteiger partial charge in [0.2, 0.25) is 5.91 Å². The zero-order chi connectivity index (χ0) is 20.8. The number of ketones is 1. The molecular weight excluding hydrogens is 364 g/mol. The first-order chi connectivity index (χ1) is 14.0. The third-order valence-electron chi connectivity index (χ3n) is 5.60. The standard InChI is InChI=1S/C24H30N2O3/c1-4-29-21-10-8-20(9-11-21)23(27)12-13-24(28)26-16-14-25(15-17-26)22-7-5-6-18(2)19(22)3/h5-11H,4,12-17H2,1-3H3. The minimum atomic E-state index is -0.00424. The maximum absolute atomic E-state index is 12.6. The first kappa shape index (κ1) is 20.9. The van der Waals surface area contributed by atoms with Crippen molar-refractivity contribution in [1.82, 2.24) is 4.90 Å². The molecular formula is C24H30N2O3. The molecule has 1 aliphatic rings. The zero-order valence-corrected chi connectivity index (χ0v) is 17.6. The Morgan fingerprint density at radius 2 is 1.62 bits per heavy atom. The van der Waals surface area contributed by atoms with Crippen LogP contribution in [0.4, 0.5) is 5.69 Å². The van der Waals surface area contributed by atoms with Gasteiger partial charge in [-0.2, -0.15) is 0 Å². The van der Waals surface area contributed by atoms with Gasteiger partial charge in [0.1, 0.15) is 5.75 Å². The van der Waals surface area contributed by atoms with Crippen LogP contribution in [0.3, 0.4) is 0 Å². The quantitative estimate of drug-likeness (QED) is 0.666. The molecule has 3 rings (SSSR count). The molecule has 1 saturated heterocycles. The highest BCUT2D eigenvalue weighted by Crippen LogP contribution is 2.24. The number of benzene rings is 2. The van der Waals surface area contributed by atoms with Crippen molar-refractivity contribution in [3.05, 3.63) is 59.2 Å². The maximum Gasteiger partial charge on any atom is 0.223 e. The van der Waals surface area contributed by atoms with E-state index in [1.54, 1.807) is 24.3 Å². The summed E-state index contributed by atoms with van der Waals surface area (Å²) in [6, 6.07) is 13.5. The van der Waals surface area contributed by atoms with E-state index in [4.69, 9.17) is 4.74 Å². The van der Waals surface area contributed by atoms with E-state index < -0.39 is 0 Å². The second-order valence-electron chi connectivity index (χ2n) is 7.47. The van der Waals surface area contributed by atoms with Crippen molar-refractivity contribution >= 4 is 17.4 Å². The number of rotatable bonds is 7. The number of aryl methyl sites for hydroxylation is 1. The Balaban J connectivity index is 1.48. The van der Waals surface area contributed by atoms with Crippen molar-refractivity contribution in [3.8, 4) is 5.75 Å². The molecule has 1 heterocycles. The first-order valence-electron chi connectivity index (χ1n) is 10.3. The molecule has 1 aliphatic heterocycles. The van der Waals surface area contributed by atoms with Gasteiger partial charge in [0.15, 0.2) is 5.78 Å². The smallest absolute Gasteiger partial charge is 0.223 e. The second-order valence-corrected chi connectivity index (χ2v) is 7.47. The molecule has 5 heteroatoms. The number of hydrogen-bond acceptors (Lipinski definition) is 4. The molecule has 0 N–H and O–H groups in total. The Bertz CT molecular complexity index is 853. The van der Waals surface area contributed by atoms with Crippen LogP contribution in [0.5, 0.6) is 5.75 Å². The van der Waals surface area contributed by atoms with E-state index >= 15 is 0 Å². The highest BCUT2D eigenvalue weighted by molar-refractivity contribution is 5.98. The van der Waals surface area contributed by atoms with Crippen molar-refractivity contribution in [2.24, 2.45) is 0 Å². The van der Waals surface area contributed by atoms with Crippen molar-refractivity contribution in [3.63, 3.8) is 0 Å². The zero-order valence-electron chi connectivity index (χ0n) is 17.6. The van der Waals surface area contributed by atoms with Gasteiger partial charge in [-0.25, -0.2) is 0 Å². The monoisotopic (exact) mass is 394 g/mol. The summed E-state index contributed by atoms with van der Waals surface area (Å²) >= 11 is 0. The molecule has 0 aromatic heterocycles. The molecule has 0 bridgehead atoms. The Labute approximate surface area is 173 Å². The third kappa shape index (κ3) is 5.17. The molecule has 0 saturated carbocycles. The Kier molecular flexibility index (Phi) is 6.91. The number of amides is 1. The minimum Gasteiger partial charge on any atom is -0.494 e. The van der Waals surface area contributed by atoms with Gasteiger partial charge in [0, 0.05) is 50.3 Å². The molecule has 2 aromatic carbocycles. The molecule has 0 spiro atoms. The van der Waals surface area contributed by atoms with E-state index in [2.05, 4.69) is 36.9 Å². The van der Waals surface area contributed by atoms with Crippen LogP contribution in [-0.4, -0.2) is 49.4 Å². The highest BCUT2D eigenvalue weighted by Gasteiger charge is 2.22. The van der Waals surface area contributed by atoms with Gasteiger partial charge in [-0.05, 0) is 62.2 Å². The first-order valence-corrected chi connectivity index (χ1v) is 10.3. The Morgan fingerprint density at radius 1 is 0.931 bits per heavy atom. The fourth-order valence-electron chi connectivity index (χ4n) is 3.70. The van der Waals surface area contributed by atoms with E-state index in [-0.39, 0.29) is 24.5 Å². The van der Waals surface area contributed by atoms with Crippen LogP contribution in [0.15, 0.2) is 42.5 Å². The number of carbonyl (C=O) groups is 2. The predicted octanol–water partition coefficient (Wildman–Crippen LogP) is 4.01. The number of hydrogen-bond donors (Lipinski definition) is 0. The van der Waals surface area contributed by atoms with Gasteiger partial charge in [0.25, 0.3) is 0 Å². The van der Waals surface area contributed by atoms with Crippen molar-refractivity contribution in [2.75, 3.05) is 37.7 Å². The third-order valence-corrected chi connectivity index (χ3v) is 5.60. The molecule has 29 heavy (non-hydrogen) atoms. The van der Waals surface area contributed by atoms with Crippen LogP contribution in [0, 0.1) is 13.8 Å². The number of anilines is 1. The summed E-state index contributed by atoms with van der Waals surface area (Å²) in [4.78, 5) is 29.2. The molecule has 5 nitrogen and oxygen atoms in total. The van der Waals surface area contributed by atoms with Crippen LogP contribution >= 0.6 is 0 Å². The predicted molar refractivity (Wildman–Crippen MR) is 116 cm³/mol. The molecule has 0 radical (unpaired) electrons. The van der Waals surface area contributed by atoms with Gasteiger partial charge < -0.3 is 14.5 Å². The van der Waals surface area contributed by atoms with Crippen LogP contribution in [0.1, 0.15) is 41.3 Å². The Morgan fingerprint density at radius 3 is 2.28 bits per heavy atom. The summed E-state index contributed by atoms with van der Waals surface area (Å²) in [5, 5.41) is 0. The van der Waals surface area contributed by atoms with Crippen LogP contribution in [0.2, 0.25) is 0 Å². The minimum absolute atomic E-state index is 0.00424. The SMILES string of the molecule is CCOc1ccc(C(=O)CCC(=O)N2CCN(c3cccc(C)c3C)CC2)cc1. The lowest BCUT2D eigenvalue weighted by molar-refractivity contribution is -0.131. The largest absolute Gasteiger partial charge is 0.494 e. The van der Waals surface area contributed by atoms with Gasteiger partial charge in [0.05, 0.1) is 6.61 Å². The lowest BCUT2D eigenvalue weighted by atomic mass is 10.1. The summed E-state index contributed by atoms with van der Waals surface area (Å²) in [7, 11) is 0. The summed E-state index contributed by atoms with van der Waals surface area (Å²) in [6.07, 6.45) is 0.500. The van der Waals surface area contributed by atoms with Gasteiger partial charge >= 0.3 is 0 Å². The van der Waals surface area contributed by atoms with E-state index in [1.807, 2.05) is 11.8 Å². The van der Waals surface area contributed by atoms with Crippen LogP contribution in [0.25, 0.3) is 0 Å². The van der Waals surface area contributed by atoms with E-state index in [1.165, 1.54) is 16.8 Å². The fraction of sp³-hybridized carbons (Fsp3) is 0.417. The van der Waals surface area contributed by atoms with Crippen LogP contribution < -0.4 is 9.64 Å². The normalized spacial score (nSPS) is 14.0. The second kappa shape index (κ2) is 9.59. The van der Waals surface area contributed by atoms with Crippen molar-refractivity contribution < 1.29 is 14.3 Å². The van der Waals surface area contributed by atoms with Crippen molar-refractivity contribution in [2.45, 2.75) is 33.6 Å². The van der Waals surface area contributed by atoms with Crippen molar-refractivity contribution in [1.29, 1.82) is 0 Å². The lowest BCUT2D eigenvalue weighted by Gasteiger charge is -2.37. The molecule has 0 unspecified atom stereocenters. The number of piperazine rings is 1. The highest BCUT2D eigenvalue weighted by atomic mass is 16.5. The summed E-state index contributed by atoms with van der Waals surface area (Å²) in [5.74, 6) is 0.808.